The van der Waals surface area contributed by atoms with E-state index in [4.69, 9.17) is 10.5 Å². The Morgan fingerprint density at radius 2 is 2.22 bits per heavy atom. The van der Waals surface area contributed by atoms with Crippen LogP contribution < -0.4 is 10.5 Å². The predicted octanol–water partition coefficient (Wildman–Crippen LogP) is 2.94. The Morgan fingerprint density at radius 3 is 2.72 bits per heavy atom. The van der Waals surface area contributed by atoms with Crippen molar-refractivity contribution in [3.05, 3.63) is 28.2 Å². The van der Waals surface area contributed by atoms with Gasteiger partial charge in [0, 0.05) is 23.1 Å². The maximum atomic E-state index is 5.98. The van der Waals surface area contributed by atoms with Crippen LogP contribution >= 0.6 is 15.9 Å². The quantitative estimate of drug-likeness (QED) is 0.908. The van der Waals surface area contributed by atoms with Crippen molar-refractivity contribution >= 4 is 15.9 Å². The van der Waals surface area contributed by atoms with Gasteiger partial charge in [-0.3, -0.25) is 4.90 Å². The number of halogens is 1. The van der Waals surface area contributed by atoms with Crippen molar-refractivity contribution in [2.45, 2.75) is 31.3 Å². The minimum Gasteiger partial charge on any atom is -0.497 e. The molecule has 0 radical (unpaired) electrons. The van der Waals surface area contributed by atoms with Crippen molar-refractivity contribution in [2.75, 3.05) is 20.7 Å². The second-order valence-electron chi connectivity index (χ2n) is 4.89. The molecule has 18 heavy (non-hydrogen) atoms. The number of rotatable bonds is 5. The average Bonchev–Trinajstić information content (AvgIpc) is 2.30. The summed E-state index contributed by atoms with van der Waals surface area (Å²) >= 11 is 3.62. The number of likely N-dealkylation sites (N-methyl/N-ethyl adjacent to an activating group) is 1. The minimum atomic E-state index is 0.250. The van der Waals surface area contributed by atoms with Gasteiger partial charge in [0.1, 0.15) is 5.75 Å². The molecule has 0 amide bonds. The summed E-state index contributed by atoms with van der Waals surface area (Å²) in [4.78, 5) is 2.41. The topological polar surface area (TPSA) is 38.5 Å². The molecule has 100 valence electrons. The molecule has 0 bridgehead atoms. The Balaban J connectivity index is 2.25. The van der Waals surface area contributed by atoms with E-state index in [1.165, 1.54) is 24.8 Å². The first kappa shape index (κ1) is 13.8. The van der Waals surface area contributed by atoms with E-state index in [1.54, 1.807) is 7.11 Å². The lowest BCUT2D eigenvalue weighted by Gasteiger charge is -2.40. The minimum absolute atomic E-state index is 0.250. The molecule has 0 heterocycles. The van der Waals surface area contributed by atoms with E-state index < -0.39 is 0 Å². The normalized spacial score (nSPS) is 17.6. The number of ether oxygens (including phenoxy) is 1. The van der Waals surface area contributed by atoms with Gasteiger partial charge >= 0.3 is 0 Å². The molecule has 2 rings (SSSR count). The second-order valence-corrected chi connectivity index (χ2v) is 5.74. The molecule has 1 unspecified atom stereocenters. The fraction of sp³-hybridized carbons (Fsp3) is 0.571. The predicted molar refractivity (Wildman–Crippen MR) is 77.9 cm³/mol. The fourth-order valence-electron chi connectivity index (χ4n) is 2.47. The van der Waals surface area contributed by atoms with Crippen molar-refractivity contribution in [3.63, 3.8) is 0 Å². The van der Waals surface area contributed by atoms with Gasteiger partial charge in [-0.2, -0.15) is 0 Å². The molecule has 1 aliphatic carbocycles. The second kappa shape index (κ2) is 6.04. The van der Waals surface area contributed by atoms with E-state index in [0.29, 0.717) is 12.6 Å². The van der Waals surface area contributed by atoms with Crippen molar-refractivity contribution in [1.82, 2.24) is 4.90 Å². The molecular formula is C14H21BrN2O. The van der Waals surface area contributed by atoms with E-state index in [-0.39, 0.29) is 6.04 Å². The van der Waals surface area contributed by atoms with Gasteiger partial charge in [-0.25, -0.2) is 0 Å². The molecule has 1 saturated carbocycles. The summed E-state index contributed by atoms with van der Waals surface area (Å²) in [5.74, 6) is 0.883. The first-order chi connectivity index (χ1) is 8.67. The Labute approximate surface area is 117 Å². The lowest BCUT2D eigenvalue weighted by Crippen LogP contribution is -2.42. The van der Waals surface area contributed by atoms with Crippen LogP contribution in [0.5, 0.6) is 5.75 Å². The summed E-state index contributed by atoms with van der Waals surface area (Å²) in [6.07, 6.45) is 3.91. The molecule has 0 spiro atoms. The molecule has 4 heteroatoms. The van der Waals surface area contributed by atoms with Crippen LogP contribution in [0.15, 0.2) is 22.7 Å². The van der Waals surface area contributed by atoms with E-state index in [9.17, 15) is 0 Å². The highest BCUT2D eigenvalue weighted by Crippen LogP contribution is 2.34. The lowest BCUT2D eigenvalue weighted by atomic mass is 9.89. The molecule has 1 aliphatic rings. The first-order valence-electron chi connectivity index (χ1n) is 6.42. The molecule has 1 fully saturated rings. The summed E-state index contributed by atoms with van der Waals surface area (Å²) in [5, 5.41) is 0. The van der Waals surface area contributed by atoms with Crippen LogP contribution in [0.4, 0.5) is 0 Å². The lowest BCUT2D eigenvalue weighted by molar-refractivity contribution is 0.113. The summed E-state index contributed by atoms with van der Waals surface area (Å²) < 4.78 is 6.41. The van der Waals surface area contributed by atoms with Crippen LogP contribution in [0.1, 0.15) is 30.9 Å². The summed E-state index contributed by atoms with van der Waals surface area (Å²) in [7, 11) is 3.87. The van der Waals surface area contributed by atoms with Gasteiger partial charge in [0.05, 0.1) is 7.11 Å². The Kier molecular flexibility index (Phi) is 4.65. The third-order valence-corrected chi connectivity index (χ3v) is 4.65. The Bertz CT molecular complexity index is 407. The van der Waals surface area contributed by atoms with Crippen LogP contribution in [0.3, 0.4) is 0 Å². The standard InChI is InChI=1S/C14H21BrN2O/c1-17(10-4-3-5-10)14(9-16)12-8-11(18-2)6-7-13(12)15/h6-8,10,14H,3-5,9,16H2,1-2H3. The zero-order chi connectivity index (χ0) is 13.1. The molecule has 0 aliphatic heterocycles. The van der Waals surface area contributed by atoms with Crippen LogP contribution in [0.25, 0.3) is 0 Å². The van der Waals surface area contributed by atoms with Gasteiger partial charge in [0.25, 0.3) is 0 Å². The van der Waals surface area contributed by atoms with E-state index in [1.807, 2.05) is 12.1 Å². The highest BCUT2D eigenvalue weighted by Gasteiger charge is 2.28. The molecule has 1 aromatic rings. The number of nitrogens with zero attached hydrogens (tertiary/aromatic N) is 1. The van der Waals surface area contributed by atoms with Gasteiger partial charge < -0.3 is 10.5 Å². The monoisotopic (exact) mass is 312 g/mol. The number of nitrogens with two attached hydrogens (primary N) is 1. The molecule has 1 aromatic carbocycles. The van der Waals surface area contributed by atoms with E-state index in [2.05, 4.69) is 33.9 Å². The van der Waals surface area contributed by atoms with E-state index >= 15 is 0 Å². The number of benzene rings is 1. The Hall–Kier alpha value is -0.580. The third kappa shape index (κ3) is 2.71. The van der Waals surface area contributed by atoms with Crippen molar-refractivity contribution < 1.29 is 4.74 Å². The summed E-state index contributed by atoms with van der Waals surface area (Å²) in [5.41, 5.74) is 7.19. The van der Waals surface area contributed by atoms with Gasteiger partial charge in [-0.05, 0) is 43.7 Å². The first-order valence-corrected chi connectivity index (χ1v) is 7.22. The average molecular weight is 313 g/mol. The maximum absolute atomic E-state index is 5.98. The van der Waals surface area contributed by atoms with Gasteiger partial charge in [0.15, 0.2) is 0 Å². The van der Waals surface area contributed by atoms with Crippen molar-refractivity contribution in [2.24, 2.45) is 5.73 Å². The number of hydrogen-bond donors (Lipinski definition) is 1. The number of methoxy groups -OCH3 is 1. The molecule has 2 N–H and O–H groups in total. The molecule has 3 nitrogen and oxygen atoms in total. The van der Waals surface area contributed by atoms with Gasteiger partial charge in [0.2, 0.25) is 0 Å². The highest BCUT2D eigenvalue weighted by molar-refractivity contribution is 9.10. The van der Waals surface area contributed by atoms with Crippen LogP contribution in [0.2, 0.25) is 0 Å². The fourth-order valence-corrected chi connectivity index (χ4v) is 2.98. The van der Waals surface area contributed by atoms with Crippen molar-refractivity contribution in [1.29, 1.82) is 0 Å². The smallest absolute Gasteiger partial charge is 0.119 e. The summed E-state index contributed by atoms with van der Waals surface area (Å²) in [6.45, 7) is 0.624. The molecule has 0 aromatic heterocycles. The van der Waals surface area contributed by atoms with Gasteiger partial charge in [-0.1, -0.05) is 22.4 Å². The van der Waals surface area contributed by atoms with Crippen LogP contribution in [-0.4, -0.2) is 31.6 Å². The zero-order valence-corrected chi connectivity index (χ0v) is 12.6. The number of hydrogen-bond acceptors (Lipinski definition) is 3. The Morgan fingerprint density at radius 1 is 1.50 bits per heavy atom. The van der Waals surface area contributed by atoms with Crippen LogP contribution in [0, 0.1) is 0 Å². The van der Waals surface area contributed by atoms with Crippen LogP contribution in [-0.2, 0) is 0 Å². The largest absolute Gasteiger partial charge is 0.497 e. The molecular weight excluding hydrogens is 292 g/mol. The highest BCUT2D eigenvalue weighted by atomic mass is 79.9. The molecule has 0 saturated heterocycles. The van der Waals surface area contributed by atoms with Crippen molar-refractivity contribution in [3.8, 4) is 5.75 Å². The van der Waals surface area contributed by atoms with E-state index in [0.717, 1.165) is 10.2 Å². The maximum Gasteiger partial charge on any atom is 0.119 e. The summed E-state index contributed by atoms with van der Waals surface area (Å²) in [6, 6.07) is 7.00. The zero-order valence-electron chi connectivity index (χ0n) is 11.0. The SMILES string of the molecule is COc1ccc(Br)c(C(CN)N(C)C2CCC2)c1. The molecule has 1 atom stereocenters. The van der Waals surface area contributed by atoms with Gasteiger partial charge in [-0.15, -0.1) is 0 Å². The third-order valence-electron chi connectivity index (χ3n) is 3.93.